The third-order valence-corrected chi connectivity index (χ3v) is 4.39. The summed E-state index contributed by atoms with van der Waals surface area (Å²) in [6.07, 6.45) is 0.374. The fraction of sp³-hybridized carbons (Fsp3) is 0.538. The van der Waals surface area contributed by atoms with Crippen LogP contribution < -0.4 is 4.90 Å². The van der Waals surface area contributed by atoms with Crippen LogP contribution in [0.1, 0.15) is 18.7 Å². The summed E-state index contributed by atoms with van der Waals surface area (Å²) in [5, 5.41) is 1.48. The predicted molar refractivity (Wildman–Crippen MR) is 79.4 cm³/mol. The molecule has 0 aliphatic carbocycles. The van der Waals surface area contributed by atoms with Gasteiger partial charge in [-0.05, 0) is 26.8 Å². The van der Waals surface area contributed by atoms with E-state index >= 15 is 0 Å². The van der Waals surface area contributed by atoms with E-state index in [1.54, 1.807) is 11.3 Å². The minimum absolute atomic E-state index is 0.187. The molecule has 0 radical (unpaired) electrons. The van der Waals surface area contributed by atoms with Crippen molar-refractivity contribution in [3.8, 4) is 0 Å². The normalized spacial score (nSPS) is 24.1. The molecule has 3 rings (SSSR count). The van der Waals surface area contributed by atoms with Gasteiger partial charge in [-0.25, -0.2) is 9.97 Å². The number of hydrogen-bond donors (Lipinski definition) is 0. The number of fused-ring (bicyclic) bond motifs is 1. The Labute approximate surface area is 121 Å². The molecule has 3 heterocycles. The van der Waals surface area contributed by atoms with E-state index in [0.29, 0.717) is 11.1 Å². The highest BCUT2D eigenvalue weighted by Crippen LogP contribution is 2.30. The number of aryl methyl sites for hydroxylation is 1. The van der Waals surface area contributed by atoms with Crippen molar-refractivity contribution < 1.29 is 4.74 Å². The first-order valence-corrected chi connectivity index (χ1v) is 7.56. The maximum atomic E-state index is 6.27. The van der Waals surface area contributed by atoms with Gasteiger partial charge in [0.1, 0.15) is 9.98 Å². The van der Waals surface area contributed by atoms with Crippen molar-refractivity contribution in [3.05, 3.63) is 16.1 Å². The maximum Gasteiger partial charge on any atom is 0.228 e. The first-order valence-electron chi connectivity index (χ1n) is 6.37. The van der Waals surface area contributed by atoms with Crippen LogP contribution in [0.25, 0.3) is 10.2 Å². The molecule has 6 heteroatoms. The Morgan fingerprint density at radius 3 is 2.68 bits per heavy atom. The molecule has 19 heavy (non-hydrogen) atoms. The molecule has 4 nitrogen and oxygen atoms in total. The number of anilines is 1. The Hall–Kier alpha value is -0.910. The standard InChI is InChI=1S/C13H16ClN3OS/c1-7-5-17(6-8(2)18-7)13-15-11(14)10-4-9(3)19-12(10)16-13/h4,7-8H,5-6H2,1-3H3. The van der Waals surface area contributed by atoms with Gasteiger partial charge in [0.15, 0.2) is 0 Å². The first-order chi connectivity index (χ1) is 9.02. The molecule has 2 aromatic heterocycles. The summed E-state index contributed by atoms with van der Waals surface area (Å²) >= 11 is 7.92. The number of halogens is 1. The van der Waals surface area contributed by atoms with Crippen LogP contribution in [0, 0.1) is 6.92 Å². The SMILES string of the molecule is Cc1cc2c(Cl)nc(N3CC(C)OC(C)C3)nc2s1. The van der Waals surface area contributed by atoms with Gasteiger partial charge in [0, 0.05) is 23.4 Å². The summed E-state index contributed by atoms with van der Waals surface area (Å²) in [4.78, 5) is 13.4. The van der Waals surface area contributed by atoms with E-state index in [0.717, 1.165) is 23.3 Å². The monoisotopic (exact) mass is 297 g/mol. The molecule has 1 fully saturated rings. The highest BCUT2D eigenvalue weighted by Gasteiger charge is 2.25. The highest BCUT2D eigenvalue weighted by atomic mass is 35.5. The van der Waals surface area contributed by atoms with E-state index in [-0.39, 0.29) is 12.2 Å². The van der Waals surface area contributed by atoms with Gasteiger partial charge in [0.05, 0.1) is 12.2 Å². The second kappa shape index (κ2) is 4.89. The topological polar surface area (TPSA) is 38.2 Å². The van der Waals surface area contributed by atoms with Crippen LogP contribution >= 0.6 is 22.9 Å². The summed E-state index contributed by atoms with van der Waals surface area (Å²) < 4.78 is 5.73. The molecule has 2 aromatic rings. The van der Waals surface area contributed by atoms with Gasteiger partial charge in [-0.3, -0.25) is 0 Å². The lowest BCUT2D eigenvalue weighted by molar-refractivity contribution is -0.00569. The average molecular weight is 298 g/mol. The van der Waals surface area contributed by atoms with Crippen LogP contribution in [-0.4, -0.2) is 35.3 Å². The Morgan fingerprint density at radius 2 is 2.00 bits per heavy atom. The smallest absolute Gasteiger partial charge is 0.228 e. The molecule has 102 valence electrons. The van der Waals surface area contributed by atoms with E-state index in [1.165, 1.54) is 4.88 Å². The van der Waals surface area contributed by atoms with E-state index < -0.39 is 0 Å². The zero-order chi connectivity index (χ0) is 13.6. The molecule has 0 spiro atoms. The highest BCUT2D eigenvalue weighted by molar-refractivity contribution is 7.18. The molecule has 0 amide bonds. The second-order valence-corrected chi connectivity index (χ2v) is 6.65. The Kier molecular flexibility index (Phi) is 3.37. The Balaban J connectivity index is 2.00. The summed E-state index contributed by atoms with van der Waals surface area (Å²) in [6.45, 7) is 7.80. The zero-order valence-electron chi connectivity index (χ0n) is 11.2. The lowest BCUT2D eigenvalue weighted by atomic mass is 10.2. The van der Waals surface area contributed by atoms with Gasteiger partial charge < -0.3 is 9.64 Å². The number of thiophene rings is 1. The minimum Gasteiger partial charge on any atom is -0.372 e. The van der Waals surface area contributed by atoms with E-state index in [1.807, 2.05) is 6.07 Å². The van der Waals surface area contributed by atoms with Gasteiger partial charge >= 0.3 is 0 Å². The van der Waals surface area contributed by atoms with Crippen molar-refractivity contribution in [2.24, 2.45) is 0 Å². The van der Waals surface area contributed by atoms with Crippen molar-refractivity contribution in [2.45, 2.75) is 33.0 Å². The van der Waals surface area contributed by atoms with Gasteiger partial charge in [0.25, 0.3) is 0 Å². The molecule has 0 saturated carbocycles. The van der Waals surface area contributed by atoms with Gasteiger partial charge in [-0.15, -0.1) is 11.3 Å². The summed E-state index contributed by atoms with van der Waals surface area (Å²) in [5.41, 5.74) is 0. The number of hydrogen-bond acceptors (Lipinski definition) is 5. The second-order valence-electron chi connectivity index (χ2n) is 5.05. The van der Waals surface area contributed by atoms with E-state index in [2.05, 4.69) is 35.6 Å². The summed E-state index contributed by atoms with van der Waals surface area (Å²) in [5.74, 6) is 0.710. The van der Waals surface area contributed by atoms with Gasteiger partial charge in [0.2, 0.25) is 5.95 Å². The lowest BCUT2D eigenvalue weighted by Crippen LogP contribution is -2.46. The van der Waals surface area contributed by atoms with E-state index in [4.69, 9.17) is 16.3 Å². The van der Waals surface area contributed by atoms with Crippen LogP contribution in [0.5, 0.6) is 0 Å². The fourth-order valence-electron chi connectivity index (χ4n) is 2.48. The Morgan fingerprint density at radius 1 is 1.32 bits per heavy atom. The van der Waals surface area contributed by atoms with Crippen molar-refractivity contribution in [2.75, 3.05) is 18.0 Å². The molecule has 0 N–H and O–H groups in total. The van der Waals surface area contributed by atoms with Crippen LogP contribution in [0.2, 0.25) is 5.15 Å². The number of ether oxygens (including phenoxy) is 1. The van der Waals surface area contributed by atoms with Crippen molar-refractivity contribution in [1.29, 1.82) is 0 Å². The third kappa shape index (κ3) is 2.55. The molecule has 0 bridgehead atoms. The number of nitrogens with zero attached hydrogens (tertiary/aromatic N) is 3. The summed E-state index contributed by atoms with van der Waals surface area (Å²) in [6, 6.07) is 2.04. The molecule has 2 atom stereocenters. The lowest BCUT2D eigenvalue weighted by Gasteiger charge is -2.35. The van der Waals surface area contributed by atoms with Gasteiger partial charge in [-0.2, -0.15) is 0 Å². The predicted octanol–water partition coefficient (Wildman–Crippen LogP) is 3.27. The molecule has 1 aliphatic rings. The van der Waals surface area contributed by atoms with Crippen LogP contribution in [0.4, 0.5) is 5.95 Å². The molecular formula is C13H16ClN3OS. The molecule has 1 aliphatic heterocycles. The van der Waals surface area contributed by atoms with E-state index in [9.17, 15) is 0 Å². The number of aromatic nitrogens is 2. The third-order valence-electron chi connectivity index (χ3n) is 3.16. The molecule has 0 aromatic carbocycles. The Bertz CT molecular complexity index is 605. The minimum atomic E-state index is 0.187. The van der Waals surface area contributed by atoms with Crippen molar-refractivity contribution in [1.82, 2.24) is 9.97 Å². The fourth-order valence-corrected chi connectivity index (χ4v) is 3.63. The molecule has 2 unspecified atom stereocenters. The molecular weight excluding hydrogens is 282 g/mol. The first kappa shape index (κ1) is 13.1. The largest absolute Gasteiger partial charge is 0.372 e. The van der Waals surface area contributed by atoms with Crippen molar-refractivity contribution >= 4 is 39.1 Å². The quantitative estimate of drug-likeness (QED) is 0.757. The van der Waals surface area contributed by atoms with Crippen LogP contribution in [0.3, 0.4) is 0 Å². The van der Waals surface area contributed by atoms with Crippen molar-refractivity contribution in [3.63, 3.8) is 0 Å². The van der Waals surface area contributed by atoms with Gasteiger partial charge in [-0.1, -0.05) is 11.6 Å². The zero-order valence-corrected chi connectivity index (χ0v) is 12.8. The number of rotatable bonds is 1. The number of morpholine rings is 1. The average Bonchev–Trinajstić information content (AvgIpc) is 2.69. The van der Waals surface area contributed by atoms with Crippen LogP contribution in [-0.2, 0) is 4.74 Å². The van der Waals surface area contributed by atoms with Crippen LogP contribution in [0.15, 0.2) is 6.07 Å². The summed E-state index contributed by atoms with van der Waals surface area (Å²) in [7, 11) is 0. The molecule has 1 saturated heterocycles. The maximum absolute atomic E-state index is 6.27.